The van der Waals surface area contributed by atoms with Crippen molar-refractivity contribution < 1.29 is 9.47 Å². The van der Waals surface area contributed by atoms with Gasteiger partial charge in [0.15, 0.2) is 0 Å². The quantitative estimate of drug-likeness (QED) is 0.657. The molecule has 0 aromatic heterocycles. The number of methoxy groups -OCH3 is 1. The van der Waals surface area contributed by atoms with E-state index in [-0.39, 0.29) is 5.41 Å². The fourth-order valence-electron chi connectivity index (χ4n) is 1.63. The van der Waals surface area contributed by atoms with Crippen molar-refractivity contribution in [2.24, 2.45) is 0 Å². The molecule has 0 spiro atoms. The number of hydrogen-bond donors (Lipinski definition) is 0. The van der Waals surface area contributed by atoms with E-state index < -0.39 is 0 Å². The number of benzene rings is 1. The van der Waals surface area contributed by atoms with Gasteiger partial charge < -0.3 is 9.47 Å². The third-order valence-corrected chi connectivity index (χ3v) is 2.50. The Balaban J connectivity index is 2.50. The van der Waals surface area contributed by atoms with Gasteiger partial charge in [0, 0.05) is 11.0 Å². The minimum atomic E-state index is 0.115. The van der Waals surface area contributed by atoms with Gasteiger partial charge in [-0.25, -0.2) is 0 Å². The molecule has 0 bridgehead atoms. The summed E-state index contributed by atoms with van der Waals surface area (Å²) in [5.74, 6) is 1.89. The number of rotatable bonds is 1. The van der Waals surface area contributed by atoms with Crippen molar-refractivity contribution in [3.8, 4) is 11.5 Å². The van der Waals surface area contributed by atoms with Crippen LogP contribution in [0, 0.1) is 0 Å². The van der Waals surface area contributed by atoms with Gasteiger partial charge in [0.1, 0.15) is 11.5 Å². The van der Waals surface area contributed by atoms with E-state index in [2.05, 4.69) is 19.9 Å². The Morgan fingerprint density at radius 1 is 1.38 bits per heavy atom. The molecule has 2 nitrogen and oxygen atoms in total. The summed E-state index contributed by atoms with van der Waals surface area (Å²) in [7, 11) is 1.69. The second-order valence-electron chi connectivity index (χ2n) is 4.03. The van der Waals surface area contributed by atoms with E-state index in [1.165, 1.54) is 5.56 Å². The van der Waals surface area contributed by atoms with Crippen LogP contribution >= 0.6 is 0 Å². The standard InChI is InChI=1S/C11H14O2/c1-11(2)7-13-10-5-4-8(12-3)6-9(10)11/h4-6H,7H2,1-3H3. The summed E-state index contributed by atoms with van der Waals surface area (Å²) in [4.78, 5) is 0. The molecular formula is C11H14O2. The molecule has 1 heterocycles. The molecule has 0 fully saturated rings. The average molecular weight is 178 g/mol. The lowest BCUT2D eigenvalue weighted by Crippen LogP contribution is -2.18. The van der Waals surface area contributed by atoms with Crippen LogP contribution in [-0.4, -0.2) is 13.7 Å². The highest BCUT2D eigenvalue weighted by Gasteiger charge is 2.31. The Morgan fingerprint density at radius 2 is 2.15 bits per heavy atom. The first kappa shape index (κ1) is 8.42. The molecule has 1 aliphatic rings. The Labute approximate surface area is 78.5 Å². The van der Waals surface area contributed by atoms with Crippen molar-refractivity contribution in [2.75, 3.05) is 13.7 Å². The van der Waals surface area contributed by atoms with Crippen LogP contribution in [0.15, 0.2) is 18.2 Å². The molecule has 0 aliphatic carbocycles. The van der Waals surface area contributed by atoms with Crippen molar-refractivity contribution in [1.82, 2.24) is 0 Å². The first-order valence-corrected chi connectivity index (χ1v) is 4.45. The van der Waals surface area contributed by atoms with E-state index in [9.17, 15) is 0 Å². The minimum absolute atomic E-state index is 0.115. The Bertz CT molecular complexity index is 329. The minimum Gasteiger partial charge on any atom is -0.497 e. The van der Waals surface area contributed by atoms with E-state index >= 15 is 0 Å². The summed E-state index contributed by atoms with van der Waals surface area (Å²) < 4.78 is 10.7. The molecule has 0 atom stereocenters. The van der Waals surface area contributed by atoms with Crippen molar-refractivity contribution in [1.29, 1.82) is 0 Å². The third kappa shape index (κ3) is 1.26. The molecule has 0 amide bonds. The van der Waals surface area contributed by atoms with Crippen molar-refractivity contribution in [2.45, 2.75) is 19.3 Å². The lowest BCUT2D eigenvalue weighted by Gasteiger charge is -2.15. The van der Waals surface area contributed by atoms with Gasteiger partial charge in [-0.3, -0.25) is 0 Å². The molecule has 0 unspecified atom stereocenters. The summed E-state index contributed by atoms with van der Waals surface area (Å²) in [5.41, 5.74) is 1.36. The lowest BCUT2D eigenvalue weighted by molar-refractivity contribution is 0.291. The molecule has 0 saturated carbocycles. The fourth-order valence-corrected chi connectivity index (χ4v) is 1.63. The van der Waals surface area contributed by atoms with Gasteiger partial charge in [-0.15, -0.1) is 0 Å². The molecular weight excluding hydrogens is 164 g/mol. The molecule has 2 rings (SSSR count). The maximum atomic E-state index is 5.56. The van der Waals surface area contributed by atoms with Crippen LogP contribution in [0.4, 0.5) is 0 Å². The van der Waals surface area contributed by atoms with Crippen LogP contribution in [0.5, 0.6) is 11.5 Å². The Kier molecular flexibility index (Phi) is 1.72. The molecule has 2 heteroatoms. The van der Waals surface area contributed by atoms with Crippen LogP contribution in [0.25, 0.3) is 0 Å². The lowest BCUT2D eigenvalue weighted by atomic mass is 9.87. The predicted molar refractivity (Wildman–Crippen MR) is 51.5 cm³/mol. The normalized spacial score (nSPS) is 17.8. The summed E-state index contributed by atoms with van der Waals surface area (Å²) >= 11 is 0. The predicted octanol–water partition coefficient (Wildman–Crippen LogP) is 2.37. The first-order chi connectivity index (χ1) is 6.13. The maximum absolute atomic E-state index is 5.56. The highest BCUT2D eigenvalue weighted by Crippen LogP contribution is 2.39. The Morgan fingerprint density at radius 3 is 2.85 bits per heavy atom. The van der Waals surface area contributed by atoms with Crippen molar-refractivity contribution in [3.63, 3.8) is 0 Å². The summed E-state index contributed by atoms with van der Waals surface area (Å²) in [6.45, 7) is 5.12. The third-order valence-electron chi connectivity index (χ3n) is 2.50. The Hall–Kier alpha value is -1.18. The highest BCUT2D eigenvalue weighted by molar-refractivity contribution is 5.47. The van der Waals surface area contributed by atoms with Crippen molar-refractivity contribution >= 4 is 0 Å². The fraction of sp³-hybridized carbons (Fsp3) is 0.455. The van der Waals surface area contributed by atoms with Crippen LogP contribution in [0.3, 0.4) is 0 Å². The summed E-state index contributed by atoms with van der Waals surface area (Å²) in [6, 6.07) is 5.96. The molecule has 70 valence electrons. The van der Waals surface area contributed by atoms with Gasteiger partial charge >= 0.3 is 0 Å². The SMILES string of the molecule is COc1ccc2c(c1)C(C)(C)CO2. The zero-order valence-electron chi connectivity index (χ0n) is 8.26. The second-order valence-corrected chi connectivity index (χ2v) is 4.03. The van der Waals surface area contributed by atoms with E-state index in [0.717, 1.165) is 18.1 Å². The number of ether oxygens (including phenoxy) is 2. The van der Waals surface area contributed by atoms with Crippen molar-refractivity contribution in [3.05, 3.63) is 23.8 Å². The smallest absolute Gasteiger partial charge is 0.123 e. The molecule has 0 N–H and O–H groups in total. The average Bonchev–Trinajstić information content (AvgIpc) is 2.42. The number of hydrogen-bond acceptors (Lipinski definition) is 2. The first-order valence-electron chi connectivity index (χ1n) is 4.45. The molecule has 0 saturated heterocycles. The van der Waals surface area contributed by atoms with E-state index in [1.807, 2.05) is 12.1 Å². The van der Waals surface area contributed by atoms with Crippen LogP contribution in [-0.2, 0) is 5.41 Å². The van der Waals surface area contributed by atoms with Gasteiger partial charge in [-0.1, -0.05) is 13.8 Å². The van der Waals surface area contributed by atoms with Gasteiger partial charge in [-0.05, 0) is 18.2 Å². The van der Waals surface area contributed by atoms with Crippen LogP contribution in [0.2, 0.25) is 0 Å². The zero-order chi connectivity index (χ0) is 9.47. The molecule has 0 radical (unpaired) electrons. The highest BCUT2D eigenvalue weighted by atomic mass is 16.5. The monoisotopic (exact) mass is 178 g/mol. The largest absolute Gasteiger partial charge is 0.497 e. The molecule has 1 aliphatic heterocycles. The second kappa shape index (κ2) is 2.66. The zero-order valence-corrected chi connectivity index (χ0v) is 8.26. The number of fused-ring (bicyclic) bond motifs is 1. The maximum Gasteiger partial charge on any atom is 0.123 e. The van der Waals surface area contributed by atoms with Gasteiger partial charge in [0.2, 0.25) is 0 Å². The van der Waals surface area contributed by atoms with Gasteiger partial charge in [-0.2, -0.15) is 0 Å². The van der Waals surface area contributed by atoms with Gasteiger partial charge in [0.25, 0.3) is 0 Å². The molecule has 1 aromatic carbocycles. The summed E-state index contributed by atoms with van der Waals surface area (Å²) in [6.07, 6.45) is 0. The van der Waals surface area contributed by atoms with Gasteiger partial charge in [0.05, 0.1) is 13.7 Å². The van der Waals surface area contributed by atoms with Crippen LogP contribution < -0.4 is 9.47 Å². The van der Waals surface area contributed by atoms with E-state index in [0.29, 0.717) is 0 Å². The molecule has 1 aromatic rings. The van der Waals surface area contributed by atoms with Crippen LogP contribution in [0.1, 0.15) is 19.4 Å². The molecule has 13 heavy (non-hydrogen) atoms. The van der Waals surface area contributed by atoms with E-state index in [4.69, 9.17) is 9.47 Å². The van der Waals surface area contributed by atoms with E-state index in [1.54, 1.807) is 7.11 Å². The summed E-state index contributed by atoms with van der Waals surface area (Å²) in [5, 5.41) is 0. The topological polar surface area (TPSA) is 18.5 Å².